The van der Waals surface area contributed by atoms with Gasteiger partial charge in [-0.15, -0.1) is 0 Å². The van der Waals surface area contributed by atoms with Crippen LogP contribution in [-0.4, -0.2) is 12.6 Å². The molecule has 4 nitrogen and oxygen atoms in total. The van der Waals surface area contributed by atoms with E-state index in [0.717, 1.165) is 24.8 Å². The van der Waals surface area contributed by atoms with E-state index in [2.05, 4.69) is 23.6 Å². The molecule has 19 heavy (non-hydrogen) atoms. The zero-order chi connectivity index (χ0) is 14.1. The summed E-state index contributed by atoms with van der Waals surface area (Å²) in [5.41, 5.74) is 1.61. The van der Waals surface area contributed by atoms with Gasteiger partial charge in [-0.2, -0.15) is 5.26 Å². The van der Waals surface area contributed by atoms with Crippen LogP contribution in [0.2, 0.25) is 0 Å². The molecule has 0 aliphatic heterocycles. The van der Waals surface area contributed by atoms with Gasteiger partial charge in [0.1, 0.15) is 0 Å². The fourth-order valence-electron chi connectivity index (χ4n) is 1.75. The van der Waals surface area contributed by atoms with E-state index in [1.165, 1.54) is 0 Å². The minimum absolute atomic E-state index is 0.0704. The third kappa shape index (κ3) is 5.43. The first-order chi connectivity index (χ1) is 9.17. The first-order valence-corrected chi connectivity index (χ1v) is 6.71. The molecule has 0 aliphatic rings. The lowest BCUT2D eigenvalue weighted by atomic mass is 10.1. The van der Waals surface area contributed by atoms with Crippen LogP contribution in [0.5, 0.6) is 0 Å². The number of nitrogens with one attached hydrogen (secondary N) is 2. The van der Waals surface area contributed by atoms with Crippen molar-refractivity contribution in [2.45, 2.75) is 39.2 Å². The maximum absolute atomic E-state index is 11.6. The lowest BCUT2D eigenvalue weighted by molar-refractivity contribution is 0.237. The Kier molecular flexibility index (Phi) is 6.45. The van der Waals surface area contributed by atoms with E-state index in [1.807, 2.05) is 19.1 Å². The van der Waals surface area contributed by atoms with Crippen molar-refractivity contribution >= 4 is 6.03 Å². The number of benzene rings is 1. The normalized spacial score (nSPS) is 11.4. The Hall–Kier alpha value is -2.02. The van der Waals surface area contributed by atoms with Crippen LogP contribution in [0.4, 0.5) is 4.79 Å². The molecule has 1 aromatic carbocycles. The molecule has 0 aromatic heterocycles. The Bertz CT molecular complexity index is 434. The Morgan fingerprint density at radius 2 is 2.00 bits per heavy atom. The highest BCUT2D eigenvalue weighted by Crippen LogP contribution is 2.12. The van der Waals surface area contributed by atoms with Crippen LogP contribution in [0.1, 0.15) is 50.3 Å². The highest BCUT2D eigenvalue weighted by Gasteiger charge is 2.08. The van der Waals surface area contributed by atoms with Crippen LogP contribution >= 0.6 is 0 Å². The molecule has 2 amide bonds. The zero-order valence-electron chi connectivity index (χ0n) is 11.6. The number of urea groups is 1. The van der Waals surface area contributed by atoms with Gasteiger partial charge in [0, 0.05) is 6.54 Å². The van der Waals surface area contributed by atoms with Crippen LogP contribution in [0.3, 0.4) is 0 Å². The largest absolute Gasteiger partial charge is 0.338 e. The summed E-state index contributed by atoms with van der Waals surface area (Å²) in [6, 6.07) is 9.09. The van der Waals surface area contributed by atoms with Crippen LogP contribution in [0.15, 0.2) is 24.3 Å². The third-order valence-corrected chi connectivity index (χ3v) is 2.95. The topological polar surface area (TPSA) is 64.9 Å². The number of unbranched alkanes of at least 4 members (excludes halogenated alkanes) is 2. The predicted molar refractivity (Wildman–Crippen MR) is 75.6 cm³/mol. The summed E-state index contributed by atoms with van der Waals surface area (Å²) >= 11 is 0. The molecule has 0 radical (unpaired) electrons. The number of nitrogens with zero attached hydrogens (tertiary/aromatic N) is 1. The summed E-state index contributed by atoms with van der Waals surface area (Å²) in [5, 5.41) is 14.4. The number of rotatable bonds is 6. The molecule has 4 heteroatoms. The minimum Gasteiger partial charge on any atom is -0.338 e. The Labute approximate surface area is 114 Å². The van der Waals surface area contributed by atoms with E-state index >= 15 is 0 Å². The molecule has 0 spiro atoms. The van der Waals surface area contributed by atoms with Crippen molar-refractivity contribution in [1.82, 2.24) is 10.6 Å². The van der Waals surface area contributed by atoms with E-state index in [1.54, 1.807) is 12.1 Å². The van der Waals surface area contributed by atoms with Gasteiger partial charge in [0.05, 0.1) is 17.7 Å². The molecule has 1 unspecified atom stereocenters. The molecule has 1 aromatic rings. The zero-order valence-corrected chi connectivity index (χ0v) is 11.6. The van der Waals surface area contributed by atoms with Crippen molar-refractivity contribution in [3.05, 3.63) is 35.4 Å². The van der Waals surface area contributed by atoms with Crippen LogP contribution in [0.25, 0.3) is 0 Å². The monoisotopic (exact) mass is 259 g/mol. The van der Waals surface area contributed by atoms with Crippen molar-refractivity contribution in [2.75, 3.05) is 6.54 Å². The SMILES string of the molecule is CCCCCNC(=O)NC(C)c1ccc(C#N)cc1. The lowest BCUT2D eigenvalue weighted by Crippen LogP contribution is -2.37. The summed E-state index contributed by atoms with van der Waals surface area (Å²) in [6.45, 7) is 4.76. The molecule has 0 bridgehead atoms. The van der Waals surface area contributed by atoms with Gasteiger partial charge in [-0.3, -0.25) is 0 Å². The molecule has 0 fully saturated rings. The second-order valence-electron chi connectivity index (χ2n) is 4.56. The molecular formula is C15H21N3O. The average Bonchev–Trinajstić information content (AvgIpc) is 2.43. The molecule has 0 saturated carbocycles. The van der Waals surface area contributed by atoms with Gasteiger partial charge in [0.2, 0.25) is 0 Å². The van der Waals surface area contributed by atoms with Crippen LogP contribution < -0.4 is 10.6 Å². The Balaban J connectivity index is 2.38. The number of carbonyl (C=O) groups excluding carboxylic acids is 1. The molecule has 102 valence electrons. The number of nitriles is 1. The van der Waals surface area contributed by atoms with Crippen molar-refractivity contribution in [2.24, 2.45) is 0 Å². The van der Waals surface area contributed by atoms with E-state index in [9.17, 15) is 4.79 Å². The third-order valence-electron chi connectivity index (χ3n) is 2.95. The molecule has 0 aliphatic carbocycles. The average molecular weight is 259 g/mol. The van der Waals surface area contributed by atoms with Gasteiger partial charge in [-0.1, -0.05) is 31.9 Å². The van der Waals surface area contributed by atoms with Gasteiger partial charge in [0.25, 0.3) is 0 Å². The van der Waals surface area contributed by atoms with Gasteiger partial charge in [-0.25, -0.2) is 4.79 Å². The molecule has 1 rings (SSSR count). The highest BCUT2D eigenvalue weighted by molar-refractivity contribution is 5.74. The van der Waals surface area contributed by atoms with E-state index < -0.39 is 0 Å². The van der Waals surface area contributed by atoms with Crippen LogP contribution in [-0.2, 0) is 0 Å². The first-order valence-electron chi connectivity index (χ1n) is 6.71. The molecule has 0 saturated heterocycles. The summed E-state index contributed by atoms with van der Waals surface area (Å²) < 4.78 is 0. The Morgan fingerprint density at radius 1 is 1.32 bits per heavy atom. The van der Waals surface area contributed by atoms with Gasteiger partial charge < -0.3 is 10.6 Å². The summed E-state index contributed by atoms with van der Waals surface area (Å²) in [4.78, 5) is 11.6. The minimum atomic E-state index is -0.145. The number of carbonyl (C=O) groups is 1. The maximum atomic E-state index is 11.6. The number of hydrogen-bond acceptors (Lipinski definition) is 2. The maximum Gasteiger partial charge on any atom is 0.315 e. The van der Waals surface area contributed by atoms with E-state index in [4.69, 9.17) is 5.26 Å². The molecular weight excluding hydrogens is 238 g/mol. The van der Waals surface area contributed by atoms with E-state index in [-0.39, 0.29) is 12.1 Å². The quantitative estimate of drug-likeness (QED) is 0.771. The van der Waals surface area contributed by atoms with Crippen molar-refractivity contribution in [3.8, 4) is 6.07 Å². The van der Waals surface area contributed by atoms with Gasteiger partial charge in [0.15, 0.2) is 0 Å². The number of amides is 2. The highest BCUT2D eigenvalue weighted by atomic mass is 16.2. The predicted octanol–water partition coefficient (Wildman–Crippen LogP) is 3.11. The summed E-state index contributed by atoms with van der Waals surface area (Å²) in [5.74, 6) is 0. The standard InChI is InChI=1S/C15H21N3O/c1-3-4-5-10-17-15(19)18-12(2)14-8-6-13(11-16)7-9-14/h6-9,12H,3-5,10H2,1-2H3,(H2,17,18,19). The van der Waals surface area contributed by atoms with Crippen molar-refractivity contribution in [3.63, 3.8) is 0 Å². The Morgan fingerprint density at radius 3 is 2.58 bits per heavy atom. The smallest absolute Gasteiger partial charge is 0.315 e. The number of hydrogen-bond donors (Lipinski definition) is 2. The van der Waals surface area contributed by atoms with Crippen molar-refractivity contribution < 1.29 is 4.79 Å². The van der Waals surface area contributed by atoms with Crippen molar-refractivity contribution in [1.29, 1.82) is 5.26 Å². The molecule has 2 N–H and O–H groups in total. The van der Waals surface area contributed by atoms with Crippen LogP contribution in [0, 0.1) is 11.3 Å². The van der Waals surface area contributed by atoms with Gasteiger partial charge in [-0.05, 0) is 31.0 Å². The second kappa shape index (κ2) is 8.15. The second-order valence-corrected chi connectivity index (χ2v) is 4.56. The molecule has 0 heterocycles. The summed E-state index contributed by atoms with van der Waals surface area (Å²) in [6.07, 6.45) is 3.28. The molecule has 1 atom stereocenters. The first kappa shape index (κ1) is 15.0. The fraction of sp³-hybridized carbons (Fsp3) is 0.467. The lowest BCUT2D eigenvalue weighted by Gasteiger charge is -2.15. The van der Waals surface area contributed by atoms with Gasteiger partial charge >= 0.3 is 6.03 Å². The van der Waals surface area contributed by atoms with E-state index in [0.29, 0.717) is 12.1 Å². The fourth-order valence-corrected chi connectivity index (χ4v) is 1.75. The summed E-state index contributed by atoms with van der Waals surface area (Å²) in [7, 11) is 0.